The summed E-state index contributed by atoms with van der Waals surface area (Å²) in [6, 6.07) is 8.11. The summed E-state index contributed by atoms with van der Waals surface area (Å²) in [4.78, 5) is 40.5. The van der Waals surface area contributed by atoms with E-state index in [9.17, 15) is 14.4 Å². The molecule has 7 heteroatoms. The first-order valence-electron chi connectivity index (χ1n) is 9.18. The predicted octanol–water partition coefficient (Wildman–Crippen LogP) is 3.41. The van der Waals surface area contributed by atoms with E-state index in [0.717, 1.165) is 29.1 Å². The van der Waals surface area contributed by atoms with Crippen LogP contribution in [0.1, 0.15) is 30.7 Å². The van der Waals surface area contributed by atoms with Crippen LogP contribution < -0.4 is 15.1 Å². The molecule has 0 spiro atoms. The van der Waals surface area contributed by atoms with Crippen LogP contribution in [-0.4, -0.2) is 30.9 Å². The van der Waals surface area contributed by atoms with Crippen molar-refractivity contribution < 1.29 is 18.8 Å². The van der Waals surface area contributed by atoms with Crippen LogP contribution in [0.4, 0.5) is 16.4 Å². The highest BCUT2D eigenvalue weighted by Gasteiger charge is 2.37. The zero-order chi connectivity index (χ0) is 20.4. The molecular formula is C21H23N3O4. The van der Waals surface area contributed by atoms with E-state index in [1.807, 2.05) is 38.7 Å². The zero-order valence-corrected chi connectivity index (χ0v) is 16.4. The summed E-state index contributed by atoms with van der Waals surface area (Å²) < 4.78 is 5.75. The number of nitrogens with one attached hydrogen (secondary N) is 1. The molecule has 2 aromatic rings. The standard InChI is InChI=1S/C21H23N3O4/c1-5-23(6-2)18-8-7-16(28-18)12-17-19(25)22-21(27)24(20(17)26)15-10-13(3)9-14(4)11-15/h7-12H,5-6H2,1-4H3,(H,22,25,27)/b17-12+. The molecule has 28 heavy (non-hydrogen) atoms. The monoisotopic (exact) mass is 381 g/mol. The second kappa shape index (κ2) is 7.72. The number of barbiturate groups is 1. The quantitative estimate of drug-likeness (QED) is 0.634. The summed E-state index contributed by atoms with van der Waals surface area (Å²) in [5.74, 6) is -0.395. The molecule has 1 fully saturated rings. The van der Waals surface area contributed by atoms with E-state index in [0.29, 0.717) is 17.3 Å². The Morgan fingerprint density at radius 2 is 1.68 bits per heavy atom. The lowest BCUT2D eigenvalue weighted by atomic mass is 10.1. The van der Waals surface area contributed by atoms with Crippen LogP contribution in [0.3, 0.4) is 0 Å². The number of amides is 4. The molecular weight excluding hydrogens is 358 g/mol. The van der Waals surface area contributed by atoms with Crippen LogP contribution in [0.2, 0.25) is 0 Å². The van der Waals surface area contributed by atoms with Gasteiger partial charge in [-0.15, -0.1) is 0 Å². The van der Waals surface area contributed by atoms with Crippen LogP contribution in [0, 0.1) is 13.8 Å². The van der Waals surface area contributed by atoms with Gasteiger partial charge in [-0.3, -0.25) is 14.9 Å². The number of carbonyl (C=O) groups is 3. The fourth-order valence-electron chi connectivity index (χ4n) is 3.24. The number of anilines is 2. The lowest BCUT2D eigenvalue weighted by Crippen LogP contribution is -2.54. The number of rotatable bonds is 5. The van der Waals surface area contributed by atoms with Gasteiger partial charge in [-0.2, -0.15) is 0 Å². The second-order valence-corrected chi connectivity index (χ2v) is 6.65. The van der Waals surface area contributed by atoms with Gasteiger partial charge >= 0.3 is 6.03 Å². The number of benzene rings is 1. The van der Waals surface area contributed by atoms with Crippen molar-refractivity contribution in [2.75, 3.05) is 22.9 Å². The number of aryl methyl sites for hydroxylation is 2. The first-order valence-corrected chi connectivity index (χ1v) is 9.18. The molecule has 1 N–H and O–H groups in total. The van der Waals surface area contributed by atoms with E-state index in [-0.39, 0.29) is 5.57 Å². The predicted molar refractivity (Wildman–Crippen MR) is 107 cm³/mol. The average Bonchev–Trinajstić information content (AvgIpc) is 3.07. The second-order valence-electron chi connectivity index (χ2n) is 6.65. The summed E-state index contributed by atoms with van der Waals surface area (Å²) in [6.07, 6.45) is 1.37. The van der Waals surface area contributed by atoms with Crippen LogP contribution in [0.5, 0.6) is 0 Å². The Bertz CT molecular complexity index is 950. The molecule has 0 bridgehead atoms. The van der Waals surface area contributed by atoms with E-state index in [4.69, 9.17) is 4.42 Å². The van der Waals surface area contributed by atoms with E-state index >= 15 is 0 Å². The third kappa shape index (κ3) is 3.69. The Morgan fingerprint density at radius 1 is 1.04 bits per heavy atom. The van der Waals surface area contributed by atoms with Crippen molar-refractivity contribution in [3.05, 3.63) is 52.8 Å². The molecule has 0 aliphatic carbocycles. The smallest absolute Gasteiger partial charge is 0.335 e. The largest absolute Gasteiger partial charge is 0.441 e. The highest BCUT2D eigenvalue weighted by Crippen LogP contribution is 2.25. The SMILES string of the molecule is CCN(CC)c1ccc(/C=C2\C(=O)NC(=O)N(c3cc(C)cc(C)c3)C2=O)o1. The van der Waals surface area contributed by atoms with Gasteiger partial charge in [0.15, 0.2) is 5.88 Å². The van der Waals surface area contributed by atoms with Crippen molar-refractivity contribution >= 4 is 35.5 Å². The van der Waals surface area contributed by atoms with Gasteiger partial charge in [0.05, 0.1) is 5.69 Å². The third-order valence-electron chi connectivity index (χ3n) is 4.54. The molecule has 2 heterocycles. The highest BCUT2D eigenvalue weighted by atomic mass is 16.4. The number of furan rings is 1. The Kier molecular flexibility index (Phi) is 5.35. The molecule has 3 rings (SSSR count). The average molecular weight is 381 g/mol. The fraction of sp³-hybridized carbons (Fsp3) is 0.286. The van der Waals surface area contributed by atoms with Gasteiger partial charge in [-0.05, 0) is 63.1 Å². The van der Waals surface area contributed by atoms with E-state index in [2.05, 4.69) is 5.32 Å². The van der Waals surface area contributed by atoms with E-state index in [1.54, 1.807) is 24.3 Å². The number of hydrogen-bond acceptors (Lipinski definition) is 5. The Balaban J connectivity index is 1.97. The molecule has 0 unspecified atom stereocenters. The molecule has 1 aliphatic heterocycles. The minimum Gasteiger partial charge on any atom is -0.441 e. The van der Waals surface area contributed by atoms with Crippen molar-refractivity contribution in [2.45, 2.75) is 27.7 Å². The first kappa shape index (κ1) is 19.4. The molecule has 1 saturated heterocycles. The summed E-state index contributed by atoms with van der Waals surface area (Å²) in [6.45, 7) is 9.32. The Morgan fingerprint density at radius 3 is 2.29 bits per heavy atom. The molecule has 0 saturated carbocycles. The van der Waals surface area contributed by atoms with Gasteiger partial charge in [-0.1, -0.05) is 6.07 Å². The lowest BCUT2D eigenvalue weighted by Gasteiger charge is -2.26. The zero-order valence-electron chi connectivity index (χ0n) is 16.4. The number of hydrogen-bond donors (Lipinski definition) is 1. The molecule has 1 aromatic heterocycles. The lowest BCUT2D eigenvalue weighted by molar-refractivity contribution is -0.122. The van der Waals surface area contributed by atoms with Gasteiger partial charge in [-0.25, -0.2) is 9.69 Å². The van der Waals surface area contributed by atoms with Crippen molar-refractivity contribution in [1.29, 1.82) is 0 Å². The molecule has 0 atom stereocenters. The van der Waals surface area contributed by atoms with Gasteiger partial charge in [0.2, 0.25) is 0 Å². The van der Waals surface area contributed by atoms with Crippen LogP contribution >= 0.6 is 0 Å². The van der Waals surface area contributed by atoms with Crippen LogP contribution in [0.15, 0.2) is 40.3 Å². The van der Waals surface area contributed by atoms with E-state index < -0.39 is 17.8 Å². The molecule has 1 aliphatic rings. The maximum absolute atomic E-state index is 13.0. The maximum Gasteiger partial charge on any atom is 0.335 e. The van der Waals surface area contributed by atoms with Crippen molar-refractivity contribution in [3.63, 3.8) is 0 Å². The van der Waals surface area contributed by atoms with E-state index in [1.165, 1.54) is 6.08 Å². The summed E-state index contributed by atoms with van der Waals surface area (Å²) >= 11 is 0. The molecule has 146 valence electrons. The first-order chi connectivity index (χ1) is 13.3. The van der Waals surface area contributed by atoms with Crippen LogP contribution in [0.25, 0.3) is 6.08 Å². The third-order valence-corrected chi connectivity index (χ3v) is 4.54. The minimum absolute atomic E-state index is 0.154. The summed E-state index contributed by atoms with van der Waals surface area (Å²) in [7, 11) is 0. The van der Waals surface area contributed by atoms with Crippen molar-refractivity contribution in [2.24, 2.45) is 0 Å². The Labute approximate surface area is 163 Å². The number of urea groups is 1. The van der Waals surface area contributed by atoms with Gasteiger partial charge in [0.1, 0.15) is 11.3 Å². The highest BCUT2D eigenvalue weighted by molar-refractivity contribution is 6.39. The summed E-state index contributed by atoms with van der Waals surface area (Å²) in [5.41, 5.74) is 2.08. The topological polar surface area (TPSA) is 82.9 Å². The maximum atomic E-state index is 13.0. The van der Waals surface area contributed by atoms with Gasteiger partial charge in [0.25, 0.3) is 11.8 Å². The number of imide groups is 2. The molecule has 0 radical (unpaired) electrons. The van der Waals surface area contributed by atoms with Crippen molar-refractivity contribution in [3.8, 4) is 0 Å². The fourth-order valence-corrected chi connectivity index (χ4v) is 3.24. The van der Waals surface area contributed by atoms with Crippen molar-refractivity contribution in [1.82, 2.24) is 5.32 Å². The minimum atomic E-state index is -0.763. The molecule has 4 amide bonds. The van der Waals surface area contributed by atoms with Crippen LogP contribution in [-0.2, 0) is 9.59 Å². The normalized spacial score (nSPS) is 15.9. The number of carbonyl (C=O) groups excluding carboxylic acids is 3. The van der Waals surface area contributed by atoms with Gasteiger partial charge in [0, 0.05) is 19.2 Å². The molecule has 7 nitrogen and oxygen atoms in total. The summed E-state index contributed by atoms with van der Waals surface area (Å²) in [5, 5.41) is 2.23. The number of nitrogens with zero attached hydrogens (tertiary/aromatic N) is 2. The van der Waals surface area contributed by atoms with Gasteiger partial charge < -0.3 is 9.32 Å². The Hall–Kier alpha value is -3.35. The molecule has 1 aromatic carbocycles.